The second-order valence-electron chi connectivity index (χ2n) is 11.7. The first-order chi connectivity index (χ1) is 19.6. The Kier molecular flexibility index (Phi) is 8.21. The highest BCUT2D eigenvalue weighted by atomic mass is 31.2. The molecule has 41 heavy (non-hydrogen) atoms. The topological polar surface area (TPSA) is 17.1 Å². The first kappa shape index (κ1) is 28.8. The van der Waals surface area contributed by atoms with E-state index in [0.29, 0.717) is 0 Å². The molecule has 0 saturated carbocycles. The third-order valence-electron chi connectivity index (χ3n) is 8.51. The molecule has 2 unspecified atom stereocenters. The molecular formula is C39H41OP. The largest absolute Gasteiger partial charge is 0.317 e. The molecule has 0 amide bonds. The zero-order valence-electron chi connectivity index (χ0n) is 25.4. The van der Waals surface area contributed by atoms with E-state index in [2.05, 4.69) is 158 Å². The fourth-order valence-corrected chi connectivity index (χ4v) is 11.7. The Bertz CT molecular complexity index is 1580. The Hall–Kier alpha value is -3.67. The predicted molar refractivity (Wildman–Crippen MR) is 176 cm³/mol. The van der Waals surface area contributed by atoms with Gasteiger partial charge in [0.05, 0.1) is 11.3 Å². The summed E-state index contributed by atoms with van der Waals surface area (Å²) in [5.41, 5.74) is 12.2. The summed E-state index contributed by atoms with van der Waals surface area (Å²) in [6, 6.07) is 38.5. The summed E-state index contributed by atoms with van der Waals surface area (Å²) in [6.07, 6.45) is 0. The number of hydrogen-bond acceptors (Lipinski definition) is 1. The molecule has 1 nitrogen and oxygen atoms in total. The Morgan fingerprint density at radius 3 is 1.15 bits per heavy atom. The Labute approximate surface area is 246 Å². The van der Waals surface area contributed by atoms with Crippen molar-refractivity contribution in [2.45, 2.75) is 59.8 Å². The van der Waals surface area contributed by atoms with Crippen molar-refractivity contribution in [3.8, 4) is 0 Å². The molecule has 2 heteroatoms. The van der Waals surface area contributed by atoms with E-state index < -0.39 is 7.14 Å². The molecular weight excluding hydrogens is 515 g/mol. The summed E-state index contributed by atoms with van der Waals surface area (Å²) in [7, 11) is -3.36. The van der Waals surface area contributed by atoms with Crippen LogP contribution in [0.15, 0.2) is 109 Å². The van der Waals surface area contributed by atoms with E-state index >= 15 is 4.57 Å². The van der Waals surface area contributed by atoms with Crippen LogP contribution in [-0.2, 0) is 4.57 Å². The highest BCUT2D eigenvalue weighted by Gasteiger charge is 2.47. The fourth-order valence-electron chi connectivity index (χ4n) is 7.06. The number of aryl methyl sites for hydroxylation is 7. The first-order valence-electron chi connectivity index (χ1n) is 14.5. The molecule has 0 bridgehead atoms. The van der Waals surface area contributed by atoms with Crippen LogP contribution in [0.1, 0.15) is 72.5 Å². The van der Waals surface area contributed by atoms with Crippen LogP contribution < -0.4 is 5.30 Å². The SMILES string of the molecule is Cc1cc(C)c(C(c2ccccc2)P(=O)(c2ccccc2C)C(c2ccccc2)c2c(C)cc(C)cc2C)c(C)c1. The van der Waals surface area contributed by atoms with Crippen molar-refractivity contribution in [2.24, 2.45) is 0 Å². The van der Waals surface area contributed by atoms with Crippen LogP contribution >= 0.6 is 7.14 Å². The molecule has 5 aromatic rings. The third kappa shape index (κ3) is 5.37. The van der Waals surface area contributed by atoms with Crippen molar-refractivity contribution >= 4 is 12.4 Å². The molecule has 0 fully saturated rings. The van der Waals surface area contributed by atoms with Crippen LogP contribution in [-0.4, -0.2) is 0 Å². The molecule has 5 rings (SSSR count). The van der Waals surface area contributed by atoms with Gasteiger partial charge in [0.25, 0.3) is 0 Å². The lowest BCUT2D eigenvalue weighted by Gasteiger charge is -2.39. The van der Waals surface area contributed by atoms with Gasteiger partial charge in [-0.2, -0.15) is 0 Å². The number of benzene rings is 5. The summed E-state index contributed by atoms with van der Waals surface area (Å²) in [4.78, 5) is 0. The predicted octanol–water partition coefficient (Wildman–Crippen LogP) is 10.4. The van der Waals surface area contributed by atoms with Crippen LogP contribution in [0.5, 0.6) is 0 Å². The van der Waals surface area contributed by atoms with Crippen molar-refractivity contribution in [1.82, 2.24) is 0 Å². The van der Waals surface area contributed by atoms with E-state index in [-0.39, 0.29) is 11.3 Å². The fraction of sp³-hybridized carbons (Fsp3) is 0.231. The summed E-state index contributed by atoms with van der Waals surface area (Å²) in [5, 5.41) is 0.960. The molecule has 0 spiro atoms. The van der Waals surface area contributed by atoms with E-state index in [1.807, 2.05) is 0 Å². The van der Waals surface area contributed by atoms with Gasteiger partial charge in [0, 0.05) is 5.30 Å². The molecule has 0 aliphatic heterocycles. The lowest BCUT2D eigenvalue weighted by atomic mass is 9.93. The Balaban J connectivity index is 2.00. The highest BCUT2D eigenvalue weighted by Crippen LogP contribution is 2.73. The van der Waals surface area contributed by atoms with Crippen LogP contribution in [0, 0.1) is 48.5 Å². The van der Waals surface area contributed by atoms with Gasteiger partial charge in [-0.15, -0.1) is 0 Å². The first-order valence-corrected chi connectivity index (χ1v) is 16.4. The van der Waals surface area contributed by atoms with Crippen LogP contribution in [0.3, 0.4) is 0 Å². The third-order valence-corrected chi connectivity index (χ3v) is 12.4. The maximum Gasteiger partial charge on any atom is 0.138 e. The minimum absolute atomic E-state index is 0.323. The molecule has 5 aromatic carbocycles. The smallest absolute Gasteiger partial charge is 0.138 e. The molecule has 0 aliphatic rings. The van der Waals surface area contributed by atoms with Crippen LogP contribution in [0.25, 0.3) is 0 Å². The average molecular weight is 557 g/mol. The average Bonchev–Trinajstić information content (AvgIpc) is 2.93. The van der Waals surface area contributed by atoms with E-state index in [9.17, 15) is 0 Å². The Morgan fingerprint density at radius 2 is 0.780 bits per heavy atom. The zero-order chi connectivity index (χ0) is 29.3. The minimum atomic E-state index is -3.36. The van der Waals surface area contributed by atoms with Gasteiger partial charge in [-0.3, -0.25) is 0 Å². The molecule has 0 aromatic heterocycles. The quantitative estimate of drug-likeness (QED) is 0.182. The van der Waals surface area contributed by atoms with Gasteiger partial charge in [-0.1, -0.05) is 120 Å². The zero-order valence-corrected chi connectivity index (χ0v) is 26.3. The highest BCUT2D eigenvalue weighted by molar-refractivity contribution is 7.72. The molecule has 0 aliphatic carbocycles. The van der Waals surface area contributed by atoms with Crippen molar-refractivity contribution < 1.29 is 4.57 Å². The maximum atomic E-state index is 17.0. The van der Waals surface area contributed by atoms with Gasteiger partial charge >= 0.3 is 0 Å². The molecule has 208 valence electrons. The standard InChI is InChI=1S/C39H41OP/c1-26-22-29(4)36(30(5)23-26)38(33-17-10-8-11-18-33)41(40,35-21-15-14-16-28(35)3)39(34-19-12-9-13-20-34)37-31(6)24-27(2)25-32(37)7/h8-25,38-39H,1-7H3. The van der Waals surface area contributed by atoms with Gasteiger partial charge in [0.15, 0.2) is 0 Å². The summed E-state index contributed by atoms with van der Waals surface area (Å²) >= 11 is 0. The molecule has 0 saturated heterocycles. The van der Waals surface area contributed by atoms with E-state index in [1.54, 1.807) is 0 Å². The lowest BCUT2D eigenvalue weighted by Crippen LogP contribution is -2.23. The molecule has 0 radical (unpaired) electrons. The van der Waals surface area contributed by atoms with Crippen LogP contribution in [0.2, 0.25) is 0 Å². The van der Waals surface area contributed by atoms with E-state index in [0.717, 1.165) is 22.0 Å². The summed E-state index contributed by atoms with van der Waals surface area (Å²) < 4.78 is 17.0. The lowest BCUT2D eigenvalue weighted by molar-refractivity contribution is 0.570. The van der Waals surface area contributed by atoms with Gasteiger partial charge in [-0.05, 0) is 98.5 Å². The second kappa shape index (κ2) is 11.7. The molecule has 0 N–H and O–H groups in total. The number of rotatable bonds is 7. The molecule has 0 heterocycles. The van der Waals surface area contributed by atoms with E-state index in [1.165, 1.54) is 44.5 Å². The van der Waals surface area contributed by atoms with E-state index in [4.69, 9.17) is 0 Å². The van der Waals surface area contributed by atoms with Gasteiger partial charge in [0.2, 0.25) is 0 Å². The van der Waals surface area contributed by atoms with Crippen molar-refractivity contribution in [1.29, 1.82) is 0 Å². The van der Waals surface area contributed by atoms with Crippen LogP contribution in [0.4, 0.5) is 0 Å². The van der Waals surface area contributed by atoms with Crippen molar-refractivity contribution in [3.05, 3.63) is 170 Å². The van der Waals surface area contributed by atoms with Gasteiger partial charge < -0.3 is 4.57 Å². The van der Waals surface area contributed by atoms with Crippen molar-refractivity contribution in [3.63, 3.8) is 0 Å². The second-order valence-corrected chi connectivity index (χ2v) is 14.7. The maximum absolute atomic E-state index is 17.0. The van der Waals surface area contributed by atoms with Gasteiger partial charge in [-0.25, -0.2) is 0 Å². The summed E-state index contributed by atoms with van der Waals surface area (Å²) in [5.74, 6) is 0. The number of hydrogen-bond donors (Lipinski definition) is 0. The monoisotopic (exact) mass is 556 g/mol. The van der Waals surface area contributed by atoms with Crippen molar-refractivity contribution in [2.75, 3.05) is 0 Å². The minimum Gasteiger partial charge on any atom is -0.317 e. The van der Waals surface area contributed by atoms with Gasteiger partial charge in [0.1, 0.15) is 7.14 Å². The Morgan fingerprint density at radius 1 is 0.439 bits per heavy atom. The normalized spacial score (nSPS) is 14.3. The molecule has 2 atom stereocenters. The summed E-state index contributed by atoms with van der Waals surface area (Å²) in [6.45, 7) is 15.2.